The summed E-state index contributed by atoms with van der Waals surface area (Å²) in [4.78, 5) is 11.1. The molecule has 0 saturated heterocycles. The van der Waals surface area contributed by atoms with Gasteiger partial charge in [0.25, 0.3) is 0 Å². The predicted octanol–water partition coefficient (Wildman–Crippen LogP) is 3.52. The van der Waals surface area contributed by atoms with Gasteiger partial charge in [-0.15, -0.1) is 0 Å². The van der Waals surface area contributed by atoms with Crippen molar-refractivity contribution in [3.05, 3.63) is 48.0 Å². The average molecular weight is 286 g/mol. The average Bonchev–Trinajstić information content (AvgIpc) is 2.42. The Labute approximate surface area is 125 Å². The molecule has 0 fully saturated rings. The second-order valence-corrected chi connectivity index (χ2v) is 6.39. The smallest absolute Gasteiger partial charge is 0.404 e. The molecule has 2 aromatic carbocycles. The van der Waals surface area contributed by atoms with E-state index in [2.05, 4.69) is 5.32 Å². The van der Waals surface area contributed by atoms with Gasteiger partial charge in [0.15, 0.2) is 0 Å². The van der Waals surface area contributed by atoms with Crippen molar-refractivity contribution in [3.63, 3.8) is 0 Å². The van der Waals surface area contributed by atoms with Crippen LogP contribution in [0.4, 0.5) is 4.79 Å². The fraction of sp³-hybridized carbons (Fsp3) is 0.353. The van der Waals surface area contributed by atoms with E-state index in [-0.39, 0.29) is 11.5 Å². The summed E-state index contributed by atoms with van der Waals surface area (Å²) in [5.74, 6) is 0. The van der Waals surface area contributed by atoms with E-state index >= 15 is 0 Å². The van der Waals surface area contributed by atoms with Crippen LogP contribution in [0, 0.1) is 5.41 Å². The number of carboxylic acid groups (broad SMARTS) is 1. The summed E-state index contributed by atoms with van der Waals surface area (Å²) in [6.07, 6.45) is -1.05. The molecule has 112 valence electrons. The van der Waals surface area contributed by atoms with Crippen LogP contribution in [0.1, 0.15) is 32.4 Å². The largest absolute Gasteiger partial charge is 0.465 e. The van der Waals surface area contributed by atoms with Gasteiger partial charge in [-0.1, -0.05) is 63.2 Å². The van der Waals surface area contributed by atoms with Gasteiger partial charge in [0.2, 0.25) is 0 Å². The summed E-state index contributed by atoms with van der Waals surface area (Å²) >= 11 is 0. The predicted molar refractivity (Wildman–Crippen MR) is 85.3 cm³/mol. The monoisotopic (exact) mass is 286 g/mol. The van der Waals surface area contributed by atoms with Crippen LogP contribution in [-0.2, 0) is 0 Å². The first-order valence-electron chi connectivity index (χ1n) is 7.03. The Kier molecular flexibility index (Phi) is 4.19. The van der Waals surface area contributed by atoms with E-state index in [1.807, 2.05) is 63.2 Å². The molecule has 0 radical (unpaired) electrons. The molecule has 0 saturated carbocycles. The maximum absolute atomic E-state index is 11.1. The number of carbonyl (C=O) groups is 1. The molecule has 2 rings (SSSR count). The van der Waals surface area contributed by atoms with E-state index in [4.69, 9.17) is 10.8 Å². The van der Waals surface area contributed by atoms with Gasteiger partial charge < -0.3 is 16.2 Å². The summed E-state index contributed by atoms with van der Waals surface area (Å²) in [6, 6.07) is 13.2. The fourth-order valence-corrected chi connectivity index (χ4v) is 2.70. The summed E-state index contributed by atoms with van der Waals surface area (Å²) in [6.45, 7) is 5.95. The second-order valence-electron chi connectivity index (χ2n) is 6.39. The number of fused-ring (bicyclic) bond motifs is 1. The lowest BCUT2D eigenvalue weighted by Gasteiger charge is -2.35. The maximum Gasteiger partial charge on any atom is 0.404 e. The lowest BCUT2D eigenvalue weighted by Crippen LogP contribution is -2.49. The van der Waals surface area contributed by atoms with E-state index in [1.54, 1.807) is 0 Å². The van der Waals surface area contributed by atoms with Crippen LogP contribution in [-0.4, -0.2) is 17.2 Å². The number of rotatable bonds is 3. The fourth-order valence-electron chi connectivity index (χ4n) is 2.70. The third-order valence-corrected chi connectivity index (χ3v) is 3.75. The molecule has 4 N–H and O–H groups in total. The van der Waals surface area contributed by atoms with Gasteiger partial charge in [0, 0.05) is 0 Å². The maximum atomic E-state index is 11.1. The first kappa shape index (κ1) is 15.3. The van der Waals surface area contributed by atoms with Gasteiger partial charge in [-0.25, -0.2) is 4.79 Å². The molecular formula is C17H22N2O2. The number of nitrogens with two attached hydrogens (primary N) is 1. The highest BCUT2D eigenvalue weighted by atomic mass is 16.4. The summed E-state index contributed by atoms with van der Waals surface area (Å²) in [7, 11) is 0. The molecule has 0 aliphatic heterocycles. The molecule has 0 aliphatic carbocycles. The van der Waals surface area contributed by atoms with Crippen LogP contribution in [0.15, 0.2) is 42.5 Å². The topological polar surface area (TPSA) is 75.3 Å². The van der Waals surface area contributed by atoms with Gasteiger partial charge in [-0.2, -0.15) is 0 Å². The highest BCUT2D eigenvalue weighted by molar-refractivity contribution is 5.86. The lowest BCUT2D eigenvalue weighted by atomic mass is 9.79. The molecule has 4 nitrogen and oxygen atoms in total. The highest BCUT2D eigenvalue weighted by Crippen LogP contribution is 2.32. The van der Waals surface area contributed by atoms with Crippen molar-refractivity contribution in [1.82, 2.24) is 5.32 Å². The third kappa shape index (κ3) is 3.34. The van der Waals surface area contributed by atoms with Gasteiger partial charge in [-0.05, 0) is 21.8 Å². The molecule has 2 unspecified atom stereocenters. The van der Waals surface area contributed by atoms with Crippen molar-refractivity contribution in [1.29, 1.82) is 0 Å². The van der Waals surface area contributed by atoms with Gasteiger partial charge in [-0.3, -0.25) is 0 Å². The molecular weight excluding hydrogens is 264 g/mol. The molecule has 0 aromatic heterocycles. The van der Waals surface area contributed by atoms with E-state index in [0.29, 0.717) is 0 Å². The highest BCUT2D eigenvalue weighted by Gasteiger charge is 2.33. The van der Waals surface area contributed by atoms with Crippen LogP contribution >= 0.6 is 0 Å². The second kappa shape index (κ2) is 5.74. The normalized spacial score (nSPS) is 14.7. The zero-order valence-electron chi connectivity index (χ0n) is 12.6. The minimum atomic E-state index is -1.05. The number of benzene rings is 2. The lowest BCUT2D eigenvalue weighted by molar-refractivity contribution is 0.167. The zero-order valence-corrected chi connectivity index (χ0v) is 12.6. The van der Waals surface area contributed by atoms with Crippen LogP contribution in [0.25, 0.3) is 10.8 Å². The molecule has 0 bridgehead atoms. The van der Waals surface area contributed by atoms with E-state index in [9.17, 15) is 4.79 Å². The molecule has 1 amide bonds. The minimum absolute atomic E-state index is 0.283. The first-order chi connectivity index (χ1) is 9.80. The number of hydrogen-bond acceptors (Lipinski definition) is 2. The molecule has 2 aromatic rings. The minimum Gasteiger partial charge on any atom is -0.465 e. The van der Waals surface area contributed by atoms with Crippen molar-refractivity contribution in [2.24, 2.45) is 11.1 Å². The quantitative estimate of drug-likeness (QED) is 0.808. The van der Waals surface area contributed by atoms with E-state index < -0.39 is 12.1 Å². The van der Waals surface area contributed by atoms with Crippen molar-refractivity contribution in [2.75, 3.05) is 0 Å². The zero-order chi connectivity index (χ0) is 15.6. The van der Waals surface area contributed by atoms with Crippen molar-refractivity contribution < 1.29 is 9.90 Å². The van der Waals surface area contributed by atoms with Crippen LogP contribution in [0.2, 0.25) is 0 Å². The van der Waals surface area contributed by atoms with Crippen molar-refractivity contribution >= 4 is 16.9 Å². The number of amides is 1. The van der Waals surface area contributed by atoms with E-state index in [0.717, 1.165) is 16.3 Å². The summed E-state index contributed by atoms with van der Waals surface area (Å²) in [5, 5.41) is 13.8. The Morgan fingerprint density at radius 3 is 2.38 bits per heavy atom. The SMILES string of the molecule is CC(C)(C)C(NC(=O)O)C(N)c1cccc2ccccc12. The number of nitrogens with one attached hydrogen (secondary N) is 1. The van der Waals surface area contributed by atoms with Gasteiger partial charge >= 0.3 is 6.09 Å². The van der Waals surface area contributed by atoms with Crippen LogP contribution in [0.3, 0.4) is 0 Å². The Hall–Kier alpha value is -2.07. The Balaban J connectivity index is 2.48. The molecule has 0 heterocycles. The van der Waals surface area contributed by atoms with Gasteiger partial charge in [0.1, 0.15) is 0 Å². The standard InChI is InChI=1S/C17H22N2O2/c1-17(2,3)15(19-16(20)21)14(18)13-10-6-8-11-7-4-5-9-12(11)13/h4-10,14-15,19H,18H2,1-3H3,(H,20,21). The number of hydrogen-bond donors (Lipinski definition) is 3. The third-order valence-electron chi connectivity index (χ3n) is 3.75. The van der Waals surface area contributed by atoms with Crippen molar-refractivity contribution in [2.45, 2.75) is 32.9 Å². The Morgan fingerprint density at radius 2 is 1.76 bits per heavy atom. The molecule has 0 spiro atoms. The Morgan fingerprint density at radius 1 is 1.14 bits per heavy atom. The van der Waals surface area contributed by atoms with Crippen LogP contribution in [0.5, 0.6) is 0 Å². The summed E-state index contributed by atoms with van der Waals surface area (Å²) in [5.41, 5.74) is 7.09. The van der Waals surface area contributed by atoms with Crippen molar-refractivity contribution in [3.8, 4) is 0 Å². The first-order valence-corrected chi connectivity index (χ1v) is 7.03. The Bertz CT molecular complexity index is 641. The van der Waals surface area contributed by atoms with Crippen LogP contribution < -0.4 is 11.1 Å². The molecule has 21 heavy (non-hydrogen) atoms. The van der Waals surface area contributed by atoms with Gasteiger partial charge in [0.05, 0.1) is 12.1 Å². The molecule has 2 atom stereocenters. The molecule has 4 heteroatoms. The summed E-state index contributed by atoms with van der Waals surface area (Å²) < 4.78 is 0. The molecule has 0 aliphatic rings. The van der Waals surface area contributed by atoms with E-state index in [1.165, 1.54) is 0 Å².